The number of aromatic nitrogens is 1. The fourth-order valence-electron chi connectivity index (χ4n) is 5.41. The molecule has 5 rings (SSSR count). The van der Waals surface area contributed by atoms with E-state index in [9.17, 15) is 4.79 Å². The zero-order chi connectivity index (χ0) is 30.0. The Bertz CT molecular complexity index is 863. The average Bonchev–Trinajstić information content (AvgIpc) is 3.69. The summed E-state index contributed by atoms with van der Waals surface area (Å²) in [5.41, 5.74) is 1.20. The van der Waals surface area contributed by atoms with E-state index in [0.29, 0.717) is 11.8 Å². The molecule has 2 aliphatic heterocycles. The maximum absolute atomic E-state index is 12.9. The molecule has 5 nitrogen and oxygen atoms in total. The molecule has 6 heteroatoms. The van der Waals surface area contributed by atoms with Gasteiger partial charge < -0.3 is 15.5 Å². The Morgan fingerprint density at radius 2 is 1.40 bits per heavy atom. The molecule has 220 valence electrons. The van der Waals surface area contributed by atoms with Crippen molar-refractivity contribution in [3.63, 3.8) is 0 Å². The third-order valence-corrected chi connectivity index (χ3v) is 8.41. The molecule has 0 radical (unpaired) electrons. The van der Waals surface area contributed by atoms with Crippen molar-refractivity contribution in [3.05, 3.63) is 39.9 Å². The fourth-order valence-corrected chi connectivity index (χ4v) is 6.55. The molecule has 2 saturated heterocycles. The van der Waals surface area contributed by atoms with Gasteiger partial charge >= 0.3 is 0 Å². The number of rotatable bonds is 4. The number of carbonyl (C=O) groups excluding carboxylic acids is 1. The van der Waals surface area contributed by atoms with Gasteiger partial charge in [-0.15, -0.1) is 49.9 Å². The van der Waals surface area contributed by atoms with Gasteiger partial charge in [-0.2, -0.15) is 0 Å². The minimum absolute atomic E-state index is 0.147. The number of hydrogen-bond donors (Lipinski definition) is 2. The predicted molar refractivity (Wildman–Crippen MR) is 172 cm³/mol. The number of allylic oxidation sites excluding steroid dienone is 4. The summed E-state index contributed by atoms with van der Waals surface area (Å²) in [5, 5.41) is 5.60. The largest absolute Gasteiger partial charge is 0.345 e. The molecule has 1 saturated carbocycles. The van der Waals surface area contributed by atoms with Crippen molar-refractivity contribution >= 4 is 17.2 Å². The summed E-state index contributed by atoms with van der Waals surface area (Å²) < 4.78 is 0. The first kappa shape index (κ1) is 37.2. The van der Waals surface area contributed by atoms with Gasteiger partial charge in [0.1, 0.15) is 18.2 Å². The lowest BCUT2D eigenvalue weighted by Gasteiger charge is -2.29. The number of piperidine rings is 1. The first-order valence-electron chi connectivity index (χ1n) is 14.9. The highest BCUT2D eigenvalue weighted by atomic mass is 32.1. The lowest BCUT2D eigenvalue weighted by Crippen LogP contribution is -2.81. The lowest BCUT2D eigenvalue weighted by atomic mass is 9.91. The van der Waals surface area contributed by atoms with Crippen LogP contribution in [-0.4, -0.2) is 49.0 Å². The Morgan fingerprint density at radius 1 is 0.900 bits per heavy atom. The molecule has 2 aliphatic carbocycles. The third-order valence-electron chi connectivity index (χ3n) is 7.26. The molecule has 2 atom stereocenters. The van der Waals surface area contributed by atoms with Crippen molar-refractivity contribution < 1.29 is 15.4 Å². The number of likely N-dealkylation sites (tertiary alicyclic amines) is 1. The van der Waals surface area contributed by atoms with Crippen LogP contribution in [0.15, 0.2) is 24.3 Å². The SMILES string of the molecule is C#C.C#C.C#C.C1=CCCC=C1.C1CCCCC1.C[NH2+]Cc1nc(C)sc1[C@@H]1C[NH2+]CC1C(=O)N1CCCCC1. The van der Waals surface area contributed by atoms with Crippen LogP contribution < -0.4 is 10.6 Å². The van der Waals surface area contributed by atoms with Gasteiger partial charge in [0.2, 0.25) is 5.91 Å². The third kappa shape index (κ3) is 14.0. The number of carbonyl (C=O) groups is 1. The normalized spacial score (nSPS) is 20.6. The van der Waals surface area contributed by atoms with Gasteiger partial charge in [0.15, 0.2) is 0 Å². The van der Waals surface area contributed by atoms with Gasteiger partial charge in [-0.3, -0.25) is 4.79 Å². The van der Waals surface area contributed by atoms with Gasteiger partial charge in [0, 0.05) is 18.0 Å². The van der Waals surface area contributed by atoms with E-state index < -0.39 is 0 Å². The van der Waals surface area contributed by atoms with Crippen LogP contribution in [0, 0.1) is 51.4 Å². The summed E-state index contributed by atoms with van der Waals surface area (Å²) in [6.45, 7) is 6.88. The maximum atomic E-state index is 12.9. The Kier molecular flexibility index (Phi) is 23.4. The van der Waals surface area contributed by atoms with Crippen LogP contribution in [0.1, 0.15) is 92.1 Å². The van der Waals surface area contributed by atoms with Gasteiger partial charge in [-0.25, -0.2) is 4.98 Å². The number of hydrogen-bond acceptors (Lipinski definition) is 3. The van der Waals surface area contributed by atoms with Crippen LogP contribution in [0.2, 0.25) is 0 Å². The zero-order valence-electron chi connectivity index (χ0n) is 25.1. The van der Waals surface area contributed by atoms with Crippen LogP contribution in [0.5, 0.6) is 0 Å². The van der Waals surface area contributed by atoms with Crippen LogP contribution in [0.3, 0.4) is 0 Å². The second-order valence-corrected chi connectivity index (χ2v) is 11.3. The molecule has 40 heavy (non-hydrogen) atoms. The summed E-state index contributed by atoms with van der Waals surface area (Å²) in [5.74, 6) is 0.889. The van der Waals surface area contributed by atoms with Gasteiger partial charge in [0.25, 0.3) is 0 Å². The zero-order valence-corrected chi connectivity index (χ0v) is 25.9. The molecule has 3 heterocycles. The highest BCUT2D eigenvalue weighted by molar-refractivity contribution is 7.11. The van der Waals surface area contributed by atoms with E-state index >= 15 is 0 Å². The van der Waals surface area contributed by atoms with E-state index in [1.807, 2.05) is 0 Å². The molecular weight excluding hydrogens is 512 g/mol. The van der Waals surface area contributed by atoms with Gasteiger partial charge in [-0.1, -0.05) is 62.8 Å². The van der Waals surface area contributed by atoms with E-state index in [4.69, 9.17) is 4.98 Å². The van der Waals surface area contributed by atoms with Crippen LogP contribution in [0.25, 0.3) is 0 Å². The molecule has 4 aliphatic rings. The smallest absolute Gasteiger partial charge is 0.232 e. The number of terminal acetylenes is 3. The standard InChI is InChI=1S/C16H26N4OS.C6H12.C6H8.3C2H2/c1-11-19-14(10-17-2)15(22-11)12-8-18-9-13(12)16(21)20-6-4-3-5-7-20;2*1-2-4-6-5-3-1;3*1-2/h12-13,17-18H,3-10H2,1-2H3;1-6H2;1-4H,5-6H2;3*1-2H/p+2/t12-,13?;;;;;/m1...../s1. The van der Waals surface area contributed by atoms with Crippen LogP contribution >= 0.6 is 11.3 Å². The van der Waals surface area contributed by atoms with Crippen LogP contribution in [0.4, 0.5) is 0 Å². The molecule has 1 amide bonds. The maximum Gasteiger partial charge on any atom is 0.232 e. The molecular formula is C34H54N4OS+2. The monoisotopic (exact) mass is 566 g/mol. The molecule has 0 spiro atoms. The predicted octanol–water partition coefficient (Wildman–Crippen LogP) is 4.42. The second-order valence-electron chi connectivity index (χ2n) is 10.1. The van der Waals surface area contributed by atoms with Crippen molar-refractivity contribution in [3.8, 4) is 38.5 Å². The van der Waals surface area contributed by atoms with Crippen molar-refractivity contribution in [2.45, 2.75) is 90.0 Å². The van der Waals surface area contributed by atoms with Crippen molar-refractivity contribution in [1.29, 1.82) is 0 Å². The minimum atomic E-state index is 0.147. The number of thiazole rings is 1. The molecule has 0 bridgehead atoms. The van der Waals surface area contributed by atoms with Crippen LogP contribution in [-0.2, 0) is 11.3 Å². The van der Waals surface area contributed by atoms with E-state index in [2.05, 4.69) is 92.3 Å². The Hall–Kier alpha value is -2.82. The number of nitrogens with zero attached hydrogens (tertiary/aromatic N) is 2. The second kappa shape index (κ2) is 25.2. The van der Waals surface area contributed by atoms with Gasteiger partial charge in [-0.05, 0) is 39.0 Å². The molecule has 1 unspecified atom stereocenters. The number of quaternary nitrogens is 2. The number of amides is 1. The fraction of sp³-hybridized carbons (Fsp3) is 0.588. The highest BCUT2D eigenvalue weighted by Gasteiger charge is 2.41. The summed E-state index contributed by atoms with van der Waals surface area (Å²) in [6, 6.07) is 0. The van der Waals surface area contributed by atoms with Gasteiger partial charge in [0.05, 0.1) is 31.1 Å². The lowest BCUT2D eigenvalue weighted by molar-refractivity contribution is -0.644. The molecule has 1 aromatic heterocycles. The minimum Gasteiger partial charge on any atom is -0.345 e. The summed E-state index contributed by atoms with van der Waals surface area (Å²) >= 11 is 1.80. The average molecular weight is 567 g/mol. The van der Waals surface area contributed by atoms with E-state index in [1.54, 1.807) is 11.3 Å². The first-order valence-corrected chi connectivity index (χ1v) is 15.7. The molecule has 0 aromatic carbocycles. The highest BCUT2D eigenvalue weighted by Crippen LogP contribution is 2.34. The van der Waals surface area contributed by atoms with Crippen molar-refractivity contribution in [2.24, 2.45) is 5.92 Å². The van der Waals surface area contributed by atoms with Crippen molar-refractivity contribution in [1.82, 2.24) is 9.88 Å². The Labute approximate surface area is 249 Å². The summed E-state index contributed by atoms with van der Waals surface area (Å²) in [6.07, 6.45) is 47.6. The Morgan fingerprint density at radius 3 is 1.85 bits per heavy atom. The quantitative estimate of drug-likeness (QED) is 0.530. The number of nitrogens with two attached hydrogens (primary N) is 2. The van der Waals surface area contributed by atoms with Crippen molar-refractivity contribution in [2.75, 3.05) is 33.2 Å². The topological polar surface area (TPSA) is 66.4 Å². The van der Waals surface area contributed by atoms with E-state index in [-0.39, 0.29) is 5.92 Å². The molecule has 4 N–H and O–H groups in total. The summed E-state index contributed by atoms with van der Waals surface area (Å²) in [4.78, 5) is 21.1. The van der Waals surface area contributed by atoms with E-state index in [1.165, 1.54) is 81.2 Å². The summed E-state index contributed by atoms with van der Waals surface area (Å²) in [7, 11) is 2.08. The molecule has 1 aromatic rings. The number of aryl methyl sites for hydroxylation is 1. The van der Waals surface area contributed by atoms with E-state index in [0.717, 1.165) is 37.7 Å². The Balaban J connectivity index is 0.000000688. The first-order chi connectivity index (χ1) is 19.7. The molecule has 3 fully saturated rings.